The molecule has 0 spiro atoms. The van der Waals surface area contributed by atoms with Gasteiger partial charge in [0.15, 0.2) is 5.65 Å². The van der Waals surface area contributed by atoms with Crippen molar-refractivity contribution in [2.45, 2.75) is 32.1 Å². The molecule has 146 valence electrons. The van der Waals surface area contributed by atoms with E-state index < -0.39 is 0 Å². The van der Waals surface area contributed by atoms with Crippen molar-refractivity contribution in [1.82, 2.24) is 34.3 Å². The van der Waals surface area contributed by atoms with Gasteiger partial charge in [-0.3, -0.25) is 9.08 Å². The zero-order chi connectivity index (χ0) is 19.4. The van der Waals surface area contributed by atoms with E-state index in [1.165, 1.54) is 25.7 Å². The van der Waals surface area contributed by atoms with Crippen molar-refractivity contribution in [3.05, 3.63) is 48.7 Å². The number of nitrogens with one attached hydrogen (secondary N) is 1. The fourth-order valence-corrected chi connectivity index (χ4v) is 4.31. The van der Waals surface area contributed by atoms with E-state index in [-0.39, 0.29) is 0 Å². The first-order valence-electron chi connectivity index (χ1n) is 10.1. The number of hydrogen-bond donors (Lipinski definition) is 1. The van der Waals surface area contributed by atoms with Crippen LogP contribution in [-0.2, 0) is 13.5 Å². The molecule has 0 bridgehead atoms. The molecule has 4 heterocycles. The van der Waals surface area contributed by atoms with Crippen LogP contribution in [0, 0.1) is 11.3 Å². The van der Waals surface area contributed by atoms with Gasteiger partial charge in [-0.1, -0.05) is 0 Å². The first-order valence-corrected chi connectivity index (χ1v) is 10.1. The maximum Gasteiger partial charge on any atom is 0.228 e. The van der Waals surface area contributed by atoms with E-state index in [1.807, 2.05) is 25.2 Å². The Labute approximate surface area is 168 Å². The molecule has 29 heavy (non-hydrogen) atoms. The quantitative estimate of drug-likeness (QED) is 0.547. The molecule has 6 rings (SSSR count). The molecule has 1 N–H and O–H groups in total. The lowest BCUT2D eigenvalue weighted by molar-refractivity contribution is 0.425. The van der Waals surface area contributed by atoms with E-state index in [0.29, 0.717) is 11.4 Å². The summed E-state index contributed by atoms with van der Waals surface area (Å²) in [4.78, 5) is 8.97. The van der Waals surface area contributed by atoms with E-state index in [1.54, 1.807) is 17.1 Å². The lowest BCUT2D eigenvalue weighted by Gasteiger charge is -2.12. The Hall–Kier alpha value is -3.29. The van der Waals surface area contributed by atoms with E-state index in [4.69, 9.17) is 0 Å². The first kappa shape index (κ1) is 16.6. The van der Waals surface area contributed by atoms with Crippen LogP contribution in [0.5, 0.6) is 0 Å². The Bertz CT molecular complexity index is 1200. The molecule has 0 saturated heterocycles. The van der Waals surface area contributed by atoms with E-state index in [2.05, 4.69) is 47.2 Å². The molecule has 0 unspecified atom stereocenters. The number of hydrogen-bond acceptors (Lipinski definition) is 6. The molecular formula is C21H22N8. The molecule has 4 aromatic rings. The maximum absolute atomic E-state index is 4.65. The summed E-state index contributed by atoms with van der Waals surface area (Å²) in [5.41, 5.74) is 3.22. The predicted molar refractivity (Wildman–Crippen MR) is 109 cm³/mol. The van der Waals surface area contributed by atoms with Crippen molar-refractivity contribution in [2.24, 2.45) is 18.4 Å². The number of aryl methyl sites for hydroxylation is 1. The van der Waals surface area contributed by atoms with Crippen LogP contribution in [0.15, 0.2) is 42.9 Å². The largest absolute Gasteiger partial charge is 0.309 e. The number of pyridine rings is 1. The highest BCUT2D eigenvalue weighted by molar-refractivity contribution is 5.65. The molecule has 0 radical (unpaired) electrons. The van der Waals surface area contributed by atoms with E-state index in [9.17, 15) is 0 Å². The number of anilines is 2. The van der Waals surface area contributed by atoms with Crippen LogP contribution in [0.25, 0.3) is 16.9 Å². The molecule has 2 saturated carbocycles. The molecule has 4 aromatic heterocycles. The summed E-state index contributed by atoms with van der Waals surface area (Å²) in [5, 5.41) is 16.3. The van der Waals surface area contributed by atoms with Crippen LogP contribution in [0.3, 0.4) is 0 Å². The Morgan fingerprint density at radius 2 is 2.03 bits per heavy atom. The molecule has 8 nitrogen and oxygen atoms in total. The summed E-state index contributed by atoms with van der Waals surface area (Å²) in [6.45, 7) is 0. The number of nitrogens with zero attached hydrogens (tertiary/aromatic N) is 7. The molecule has 0 aliphatic heterocycles. The monoisotopic (exact) mass is 386 g/mol. The fourth-order valence-electron chi connectivity index (χ4n) is 4.31. The van der Waals surface area contributed by atoms with Crippen molar-refractivity contribution in [2.75, 3.05) is 5.32 Å². The molecule has 2 aliphatic rings. The molecule has 2 fully saturated rings. The van der Waals surface area contributed by atoms with Gasteiger partial charge in [-0.15, -0.1) is 10.2 Å². The second-order valence-corrected chi connectivity index (χ2v) is 8.30. The zero-order valence-corrected chi connectivity index (χ0v) is 16.3. The van der Waals surface area contributed by atoms with Crippen LogP contribution >= 0.6 is 0 Å². The average Bonchev–Trinajstić information content (AvgIpc) is 3.65. The van der Waals surface area contributed by atoms with Gasteiger partial charge in [0.25, 0.3) is 0 Å². The van der Waals surface area contributed by atoms with Crippen molar-refractivity contribution in [1.29, 1.82) is 0 Å². The minimum atomic E-state index is 0.515. The number of fused-ring (bicyclic) bond motifs is 1. The van der Waals surface area contributed by atoms with Gasteiger partial charge in [-0.05, 0) is 55.2 Å². The summed E-state index contributed by atoms with van der Waals surface area (Å²) < 4.78 is 3.87. The van der Waals surface area contributed by atoms with Crippen molar-refractivity contribution < 1.29 is 0 Å². The van der Waals surface area contributed by atoms with Gasteiger partial charge < -0.3 is 5.32 Å². The third-order valence-corrected chi connectivity index (χ3v) is 6.34. The van der Waals surface area contributed by atoms with Gasteiger partial charge >= 0.3 is 0 Å². The normalized spacial score (nSPS) is 17.6. The number of aromatic nitrogens is 7. The predicted octanol–water partition coefficient (Wildman–Crippen LogP) is 3.40. The lowest BCUT2D eigenvalue weighted by atomic mass is 9.96. The van der Waals surface area contributed by atoms with Gasteiger partial charge in [0, 0.05) is 37.5 Å². The smallest absolute Gasteiger partial charge is 0.228 e. The average molecular weight is 386 g/mol. The van der Waals surface area contributed by atoms with Crippen LogP contribution in [-0.4, -0.2) is 34.3 Å². The number of rotatable bonds is 6. The zero-order valence-electron chi connectivity index (χ0n) is 16.3. The van der Waals surface area contributed by atoms with Crippen LogP contribution < -0.4 is 5.32 Å². The fraction of sp³-hybridized carbons (Fsp3) is 0.381. The van der Waals surface area contributed by atoms with E-state index >= 15 is 0 Å². The first-order chi connectivity index (χ1) is 14.2. The standard InChI is InChI=1S/C21H22N8/c1-28-17(5-10-23-28)25-20-22-9-4-16(24-20)14-6-11-29-18(12-14)26-27-19(29)13-21(7-8-21)15-2-3-15/h4-6,9-12,15H,2-3,7-8,13H2,1H3,(H,22,24,25). The van der Waals surface area contributed by atoms with Gasteiger partial charge in [0.2, 0.25) is 5.95 Å². The highest BCUT2D eigenvalue weighted by Crippen LogP contribution is 2.62. The van der Waals surface area contributed by atoms with Crippen LogP contribution in [0.2, 0.25) is 0 Å². The second kappa shape index (κ2) is 6.10. The summed E-state index contributed by atoms with van der Waals surface area (Å²) in [6.07, 6.45) is 12.1. The molecule has 2 aliphatic carbocycles. The highest BCUT2D eigenvalue weighted by atomic mass is 15.3. The molecular weight excluding hydrogens is 364 g/mol. The molecule has 0 amide bonds. The molecule has 8 heteroatoms. The Balaban J connectivity index is 1.28. The van der Waals surface area contributed by atoms with Crippen molar-refractivity contribution in [3.8, 4) is 11.3 Å². The van der Waals surface area contributed by atoms with Gasteiger partial charge in [0.1, 0.15) is 11.6 Å². The van der Waals surface area contributed by atoms with Gasteiger partial charge in [-0.25, -0.2) is 9.97 Å². The summed E-state index contributed by atoms with van der Waals surface area (Å²) >= 11 is 0. The highest BCUT2D eigenvalue weighted by Gasteiger charge is 2.54. The van der Waals surface area contributed by atoms with Crippen LogP contribution in [0.4, 0.5) is 11.8 Å². The summed E-state index contributed by atoms with van der Waals surface area (Å²) in [6, 6.07) is 7.91. The molecule has 0 atom stereocenters. The summed E-state index contributed by atoms with van der Waals surface area (Å²) in [5.74, 6) is 3.37. The van der Waals surface area contributed by atoms with Crippen molar-refractivity contribution in [3.63, 3.8) is 0 Å². The van der Waals surface area contributed by atoms with Gasteiger partial charge in [0.05, 0.1) is 11.9 Å². The third-order valence-electron chi connectivity index (χ3n) is 6.34. The Morgan fingerprint density at radius 3 is 2.79 bits per heavy atom. The van der Waals surface area contributed by atoms with Gasteiger partial charge in [-0.2, -0.15) is 5.10 Å². The topological polar surface area (TPSA) is 85.8 Å². The molecule has 0 aromatic carbocycles. The van der Waals surface area contributed by atoms with E-state index in [0.717, 1.165) is 40.9 Å². The lowest BCUT2D eigenvalue weighted by Crippen LogP contribution is -2.10. The van der Waals surface area contributed by atoms with Crippen molar-refractivity contribution >= 4 is 17.4 Å². The minimum absolute atomic E-state index is 0.515. The minimum Gasteiger partial charge on any atom is -0.309 e. The second-order valence-electron chi connectivity index (χ2n) is 8.30. The Kier molecular flexibility index (Phi) is 3.50. The third kappa shape index (κ3) is 2.95. The SMILES string of the molecule is Cn1nccc1Nc1nccc(-c2ccn3c(CC4(C5CC5)CC4)nnc3c2)n1. The summed E-state index contributed by atoms with van der Waals surface area (Å²) in [7, 11) is 1.87. The van der Waals surface area contributed by atoms with Crippen LogP contribution in [0.1, 0.15) is 31.5 Å². The maximum atomic E-state index is 4.65. The Morgan fingerprint density at radius 1 is 1.14 bits per heavy atom.